The molecule has 1 heterocycles. The van der Waals surface area contributed by atoms with Gasteiger partial charge < -0.3 is 10.4 Å². The van der Waals surface area contributed by atoms with Crippen molar-refractivity contribution in [1.82, 2.24) is 10.3 Å². The molecule has 0 fully saturated rings. The van der Waals surface area contributed by atoms with Crippen LogP contribution in [0.4, 0.5) is 0 Å². The lowest BCUT2D eigenvalue weighted by Gasteiger charge is -2.20. The molecule has 3 nitrogen and oxygen atoms in total. The molecule has 0 aliphatic carbocycles. The van der Waals surface area contributed by atoms with E-state index in [4.69, 9.17) is 0 Å². The lowest BCUT2D eigenvalue weighted by molar-refractivity contribution is 0.168. The molecule has 92 valence electrons. The number of aryl methyl sites for hydroxylation is 2. The maximum absolute atomic E-state index is 9.32. The molecule has 0 saturated carbocycles. The van der Waals surface area contributed by atoms with Crippen LogP contribution in [0.25, 0.3) is 0 Å². The lowest BCUT2D eigenvalue weighted by Crippen LogP contribution is -2.31. The molecule has 0 aliphatic heterocycles. The van der Waals surface area contributed by atoms with Crippen molar-refractivity contribution in [2.75, 3.05) is 0 Å². The summed E-state index contributed by atoms with van der Waals surface area (Å²) in [5, 5.41) is 13.9. The summed E-state index contributed by atoms with van der Waals surface area (Å²) in [6.07, 6.45) is 0.528. The molecule has 1 aromatic heterocycles. The van der Waals surface area contributed by atoms with Gasteiger partial charge in [0.15, 0.2) is 0 Å². The van der Waals surface area contributed by atoms with Gasteiger partial charge in [-0.15, -0.1) is 11.3 Å². The first-order valence-electron chi connectivity index (χ1n) is 5.78. The van der Waals surface area contributed by atoms with Gasteiger partial charge in [-0.1, -0.05) is 0 Å². The van der Waals surface area contributed by atoms with Crippen molar-refractivity contribution in [3.63, 3.8) is 0 Å². The molecule has 0 radical (unpaired) electrons. The molecule has 1 aromatic rings. The van der Waals surface area contributed by atoms with Crippen molar-refractivity contribution < 1.29 is 5.11 Å². The highest BCUT2D eigenvalue weighted by Crippen LogP contribution is 2.24. The molecule has 0 spiro atoms. The number of nitrogens with zero attached hydrogens (tertiary/aromatic N) is 1. The number of thiazole rings is 1. The van der Waals surface area contributed by atoms with E-state index in [1.54, 1.807) is 11.3 Å². The monoisotopic (exact) mass is 242 g/mol. The number of aliphatic hydroxyl groups excluding tert-OH is 1. The number of nitrogens with one attached hydrogen (secondary N) is 1. The van der Waals surface area contributed by atoms with Crippen molar-refractivity contribution in [3.05, 3.63) is 15.6 Å². The van der Waals surface area contributed by atoms with Crippen LogP contribution in [0.2, 0.25) is 0 Å². The first kappa shape index (κ1) is 13.6. The number of aliphatic hydroxyl groups is 1. The van der Waals surface area contributed by atoms with Crippen LogP contribution in [0.1, 0.15) is 48.8 Å². The summed E-state index contributed by atoms with van der Waals surface area (Å²) in [5.41, 5.74) is 1.12. The van der Waals surface area contributed by atoms with Gasteiger partial charge in [-0.25, -0.2) is 4.98 Å². The zero-order chi connectivity index (χ0) is 12.3. The fourth-order valence-electron chi connectivity index (χ4n) is 2.03. The van der Waals surface area contributed by atoms with Crippen LogP contribution >= 0.6 is 11.3 Å². The molecular formula is C12H22N2OS. The molecule has 0 bridgehead atoms. The standard InChI is InChI=1S/C12H22N2OS/c1-7(6-8(2)15)13-9(3)12-10(4)14-11(5)16-12/h7-9,13,15H,6H2,1-5H3. The second-order valence-electron chi connectivity index (χ2n) is 4.56. The van der Waals surface area contributed by atoms with Crippen LogP contribution in [-0.4, -0.2) is 22.2 Å². The highest BCUT2D eigenvalue weighted by atomic mass is 32.1. The fourth-order valence-corrected chi connectivity index (χ4v) is 2.97. The predicted octanol–water partition coefficient (Wildman–Crippen LogP) is 2.57. The zero-order valence-electron chi connectivity index (χ0n) is 10.7. The van der Waals surface area contributed by atoms with E-state index in [2.05, 4.69) is 31.1 Å². The van der Waals surface area contributed by atoms with E-state index in [1.165, 1.54) is 4.88 Å². The maximum Gasteiger partial charge on any atom is 0.0900 e. The molecule has 16 heavy (non-hydrogen) atoms. The highest BCUT2D eigenvalue weighted by molar-refractivity contribution is 7.11. The van der Waals surface area contributed by atoms with Crippen LogP contribution in [0.5, 0.6) is 0 Å². The normalized spacial score (nSPS) is 17.1. The van der Waals surface area contributed by atoms with E-state index in [9.17, 15) is 5.11 Å². The average Bonchev–Trinajstić information content (AvgIpc) is 2.43. The third-order valence-corrected chi connectivity index (χ3v) is 3.82. The van der Waals surface area contributed by atoms with Crippen LogP contribution in [0.15, 0.2) is 0 Å². The second kappa shape index (κ2) is 5.75. The number of aromatic nitrogens is 1. The van der Waals surface area contributed by atoms with Crippen LogP contribution < -0.4 is 5.32 Å². The topological polar surface area (TPSA) is 45.2 Å². The van der Waals surface area contributed by atoms with E-state index >= 15 is 0 Å². The third kappa shape index (κ3) is 3.85. The van der Waals surface area contributed by atoms with Gasteiger partial charge in [0.05, 0.1) is 16.8 Å². The van der Waals surface area contributed by atoms with E-state index in [0.29, 0.717) is 12.1 Å². The maximum atomic E-state index is 9.32. The third-order valence-electron chi connectivity index (χ3n) is 2.56. The Morgan fingerprint density at radius 2 is 1.94 bits per heavy atom. The van der Waals surface area contributed by atoms with Crippen molar-refractivity contribution in [2.24, 2.45) is 0 Å². The van der Waals surface area contributed by atoms with Gasteiger partial charge in [0.2, 0.25) is 0 Å². The second-order valence-corrected chi connectivity index (χ2v) is 5.79. The largest absolute Gasteiger partial charge is 0.393 e. The molecule has 3 atom stereocenters. The number of hydrogen-bond donors (Lipinski definition) is 2. The van der Waals surface area contributed by atoms with E-state index in [-0.39, 0.29) is 6.10 Å². The Balaban J connectivity index is 2.58. The van der Waals surface area contributed by atoms with Gasteiger partial charge in [-0.2, -0.15) is 0 Å². The average molecular weight is 242 g/mol. The molecule has 0 saturated heterocycles. The Bertz CT molecular complexity index is 336. The minimum Gasteiger partial charge on any atom is -0.393 e. The van der Waals surface area contributed by atoms with Gasteiger partial charge >= 0.3 is 0 Å². The molecule has 2 N–H and O–H groups in total. The van der Waals surface area contributed by atoms with Crippen LogP contribution in [-0.2, 0) is 0 Å². The SMILES string of the molecule is Cc1nc(C)c(C(C)NC(C)CC(C)O)s1. The Kier molecular flexibility index (Phi) is 4.89. The van der Waals surface area contributed by atoms with Gasteiger partial charge in [0.1, 0.15) is 0 Å². The molecule has 1 rings (SSSR count). The molecule has 0 aliphatic rings. The van der Waals surface area contributed by atoms with Crippen molar-refractivity contribution >= 4 is 11.3 Å². The van der Waals surface area contributed by atoms with Gasteiger partial charge in [0.25, 0.3) is 0 Å². The van der Waals surface area contributed by atoms with E-state index in [0.717, 1.165) is 17.1 Å². The van der Waals surface area contributed by atoms with Crippen molar-refractivity contribution in [1.29, 1.82) is 0 Å². The quantitative estimate of drug-likeness (QED) is 0.834. The Hall–Kier alpha value is -0.450. The van der Waals surface area contributed by atoms with Crippen molar-refractivity contribution in [2.45, 2.75) is 59.2 Å². The first-order valence-corrected chi connectivity index (χ1v) is 6.59. The van der Waals surface area contributed by atoms with Gasteiger partial charge in [-0.3, -0.25) is 0 Å². The Morgan fingerprint density at radius 3 is 2.38 bits per heavy atom. The lowest BCUT2D eigenvalue weighted by atomic mass is 10.1. The zero-order valence-corrected chi connectivity index (χ0v) is 11.6. The van der Waals surface area contributed by atoms with Crippen LogP contribution in [0, 0.1) is 13.8 Å². The smallest absolute Gasteiger partial charge is 0.0900 e. The van der Waals surface area contributed by atoms with E-state index in [1.807, 2.05) is 13.8 Å². The van der Waals surface area contributed by atoms with Crippen molar-refractivity contribution in [3.8, 4) is 0 Å². The summed E-state index contributed by atoms with van der Waals surface area (Å²) >= 11 is 1.75. The number of rotatable bonds is 5. The van der Waals surface area contributed by atoms with Gasteiger partial charge in [-0.05, 0) is 41.0 Å². The predicted molar refractivity (Wildman–Crippen MR) is 68.9 cm³/mol. The molecule has 0 aromatic carbocycles. The summed E-state index contributed by atoms with van der Waals surface area (Å²) in [4.78, 5) is 5.73. The van der Waals surface area contributed by atoms with Gasteiger partial charge in [0, 0.05) is 17.0 Å². The fraction of sp³-hybridized carbons (Fsp3) is 0.750. The summed E-state index contributed by atoms with van der Waals surface area (Å²) in [6.45, 7) is 10.2. The molecule has 3 unspecified atom stereocenters. The Morgan fingerprint density at radius 1 is 1.31 bits per heavy atom. The highest BCUT2D eigenvalue weighted by Gasteiger charge is 2.15. The Labute approximate surface area is 102 Å². The summed E-state index contributed by atoms with van der Waals surface area (Å²) in [6, 6.07) is 0.622. The summed E-state index contributed by atoms with van der Waals surface area (Å²) in [5.74, 6) is 0. The minimum atomic E-state index is -0.251. The summed E-state index contributed by atoms with van der Waals surface area (Å²) < 4.78 is 0. The van der Waals surface area contributed by atoms with Crippen LogP contribution in [0.3, 0.4) is 0 Å². The van der Waals surface area contributed by atoms with E-state index < -0.39 is 0 Å². The molecule has 0 amide bonds. The summed E-state index contributed by atoms with van der Waals surface area (Å²) in [7, 11) is 0. The minimum absolute atomic E-state index is 0.251. The first-order chi connectivity index (χ1) is 7.40. The number of hydrogen-bond acceptors (Lipinski definition) is 4. The molecule has 4 heteroatoms. The molecular weight excluding hydrogens is 220 g/mol.